The van der Waals surface area contributed by atoms with Crippen molar-refractivity contribution in [3.63, 3.8) is 0 Å². The molecule has 9 heteroatoms. The van der Waals surface area contributed by atoms with E-state index in [9.17, 15) is 5.26 Å². The predicted octanol–water partition coefficient (Wildman–Crippen LogP) is 4.31. The average Bonchev–Trinajstić information content (AvgIpc) is 3.45. The molecule has 9 nitrogen and oxygen atoms in total. The second-order valence-electron chi connectivity index (χ2n) is 9.07. The largest absolute Gasteiger partial charge is 0.495 e. The Morgan fingerprint density at radius 1 is 1.22 bits per heavy atom. The summed E-state index contributed by atoms with van der Waals surface area (Å²) in [6, 6.07) is 14.0. The van der Waals surface area contributed by atoms with Gasteiger partial charge in [-0.15, -0.1) is 0 Å². The van der Waals surface area contributed by atoms with Crippen LogP contribution in [0.5, 0.6) is 11.5 Å². The Labute approximate surface area is 210 Å². The van der Waals surface area contributed by atoms with E-state index in [0.29, 0.717) is 47.0 Å². The molecule has 1 aliphatic heterocycles. The number of anilines is 3. The van der Waals surface area contributed by atoms with Gasteiger partial charge in [0, 0.05) is 42.0 Å². The summed E-state index contributed by atoms with van der Waals surface area (Å²) < 4.78 is 13.6. The van der Waals surface area contributed by atoms with Gasteiger partial charge < -0.3 is 30.0 Å². The molecule has 36 heavy (non-hydrogen) atoms. The highest BCUT2D eigenvalue weighted by Gasteiger charge is 2.22. The SMILES string of the molecule is COc1ccc(N)cc1Nc1ncc(C#N)c(-c2cn(C)c3cc(OCC4CCCN4C)ccc23)n1. The number of methoxy groups -OCH3 is 1. The first-order chi connectivity index (χ1) is 17.5. The second kappa shape index (κ2) is 9.76. The summed E-state index contributed by atoms with van der Waals surface area (Å²) >= 11 is 0. The molecule has 3 heterocycles. The maximum atomic E-state index is 9.78. The minimum atomic E-state index is 0.338. The summed E-state index contributed by atoms with van der Waals surface area (Å²) in [5, 5.41) is 13.9. The lowest BCUT2D eigenvalue weighted by Crippen LogP contribution is -2.30. The van der Waals surface area contributed by atoms with Crippen LogP contribution in [0.25, 0.3) is 22.2 Å². The molecule has 2 aromatic heterocycles. The van der Waals surface area contributed by atoms with Gasteiger partial charge in [-0.2, -0.15) is 5.26 Å². The minimum absolute atomic E-state index is 0.338. The molecule has 1 saturated heterocycles. The van der Waals surface area contributed by atoms with Crippen LogP contribution in [0.4, 0.5) is 17.3 Å². The van der Waals surface area contributed by atoms with Crippen LogP contribution in [-0.2, 0) is 7.05 Å². The van der Waals surface area contributed by atoms with E-state index in [1.165, 1.54) is 12.6 Å². The summed E-state index contributed by atoms with van der Waals surface area (Å²) in [6.45, 7) is 1.79. The van der Waals surface area contributed by atoms with Crippen molar-refractivity contribution in [1.82, 2.24) is 19.4 Å². The van der Waals surface area contributed by atoms with Crippen molar-refractivity contribution in [2.24, 2.45) is 7.05 Å². The Morgan fingerprint density at radius 3 is 2.83 bits per heavy atom. The fourth-order valence-electron chi connectivity index (χ4n) is 4.70. The number of nitrogens with zero attached hydrogens (tertiary/aromatic N) is 5. The van der Waals surface area contributed by atoms with E-state index < -0.39 is 0 Å². The van der Waals surface area contributed by atoms with Crippen molar-refractivity contribution < 1.29 is 9.47 Å². The number of aromatic nitrogens is 3. The third-order valence-corrected chi connectivity index (χ3v) is 6.71. The molecule has 3 N–H and O–H groups in total. The average molecular weight is 484 g/mol. The Kier molecular flexibility index (Phi) is 6.36. The van der Waals surface area contributed by atoms with E-state index in [1.54, 1.807) is 25.3 Å². The van der Waals surface area contributed by atoms with E-state index in [0.717, 1.165) is 35.2 Å². The van der Waals surface area contributed by atoms with Gasteiger partial charge in [0.1, 0.15) is 24.2 Å². The molecule has 1 unspecified atom stereocenters. The van der Waals surface area contributed by atoms with Gasteiger partial charge in [-0.3, -0.25) is 0 Å². The molecule has 1 fully saturated rings. The third kappa shape index (κ3) is 4.51. The number of hydrogen-bond donors (Lipinski definition) is 2. The van der Waals surface area contributed by atoms with Crippen LogP contribution < -0.4 is 20.5 Å². The van der Waals surface area contributed by atoms with Gasteiger partial charge in [0.05, 0.1) is 35.8 Å². The first-order valence-electron chi connectivity index (χ1n) is 11.9. The number of nitrogen functional groups attached to an aromatic ring is 1. The van der Waals surface area contributed by atoms with Crippen molar-refractivity contribution in [1.29, 1.82) is 5.26 Å². The van der Waals surface area contributed by atoms with Gasteiger partial charge in [-0.25, -0.2) is 9.97 Å². The zero-order valence-electron chi connectivity index (χ0n) is 20.7. The molecular weight excluding hydrogens is 454 g/mol. The fourth-order valence-corrected chi connectivity index (χ4v) is 4.70. The molecule has 0 spiro atoms. The van der Waals surface area contributed by atoms with Gasteiger partial charge in [-0.1, -0.05) is 0 Å². The van der Waals surface area contributed by atoms with Crippen LogP contribution in [0.3, 0.4) is 0 Å². The third-order valence-electron chi connectivity index (χ3n) is 6.71. The molecule has 1 aliphatic rings. The van der Waals surface area contributed by atoms with Crippen LogP contribution in [0.15, 0.2) is 48.8 Å². The van der Waals surface area contributed by atoms with Crippen molar-refractivity contribution in [2.45, 2.75) is 18.9 Å². The number of fused-ring (bicyclic) bond motifs is 1. The highest BCUT2D eigenvalue weighted by molar-refractivity contribution is 5.97. The fraction of sp³-hybridized carbons (Fsp3) is 0.296. The van der Waals surface area contributed by atoms with Crippen LogP contribution in [0, 0.1) is 11.3 Å². The van der Waals surface area contributed by atoms with E-state index in [2.05, 4.69) is 28.3 Å². The summed E-state index contributed by atoms with van der Waals surface area (Å²) in [5.74, 6) is 1.78. The number of benzene rings is 2. The molecule has 1 atom stereocenters. The van der Waals surface area contributed by atoms with Crippen molar-refractivity contribution in [3.8, 4) is 28.8 Å². The summed E-state index contributed by atoms with van der Waals surface area (Å²) in [6.07, 6.45) is 5.88. The van der Waals surface area contributed by atoms with E-state index >= 15 is 0 Å². The van der Waals surface area contributed by atoms with Gasteiger partial charge in [-0.05, 0) is 56.8 Å². The minimum Gasteiger partial charge on any atom is -0.495 e. The van der Waals surface area contributed by atoms with E-state index in [1.807, 2.05) is 36.0 Å². The quantitative estimate of drug-likeness (QED) is 0.374. The standard InChI is InChI=1S/C27H29N7O2/c1-33-10-4-5-19(33)16-36-20-7-8-21-22(15-34(2)24(21)12-20)26-17(13-28)14-30-27(32-26)31-23-11-18(29)6-9-25(23)35-3/h6-9,11-12,14-15,19H,4-5,10,16,29H2,1-3H3,(H,30,31,32). The Balaban J connectivity index is 1.47. The lowest BCUT2D eigenvalue weighted by atomic mass is 10.1. The predicted molar refractivity (Wildman–Crippen MR) is 140 cm³/mol. The topological polar surface area (TPSA) is 114 Å². The number of nitrogens with two attached hydrogens (primary N) is 1. The molecular formula is C27H29N7O2. The lowest BCUT2D eigenvalue weighted by molar-refractivity contribution is 0.198. The number of likely N-dealkylation sites (tertiary alicyclic amines) is 1. The van der Waals surface area contributed by atoms with Gasteiger partial charge in [0.25, 0.3) is 0 Å². The van der Waals surface area contributed by atoms with E-state index in [-0.39, 0.29) is 0 Å². The summed E-state index contributed by atoms with van der Waals surface area (Å²) in [4.78, 5) is 11.4. The molecule has 4 aromatic rings. The molecule has 0 aliphatic carbocycles. The zero-order chi connectivity index (χ0) is 25.2. The Bertz CT molecular complexity index is 1460. The highest BCUT2D eigenvalue weighted by atomic mass is 16.5. The van der Waals surface area contributed by atoms with Crippen molar-refractivity contribution in [2.75, 3.05) is 38.4 Å². The molecule has 5 rings (SSSR count). The molecule has 0 saturated carbocycles. The molecule has 0 bridgehead atoms. The number of nitrogens with one attached hydrogen (secondary N) is 1. The first kappa shape index (κ1) is 23.5. The highest BCUT2D eigenvalue weighted by Crippen LogP contribution is 2.35. The number of rotatable bonds is 7. The molecule has 184 valence electrons. The normalized spacial score (nSPS) is 15.7. The van der Waals surface area contributed by atoms with Crippen LogP contribution in [0.2, 0.25) is 0 Å². The second-order valence-corrected chi connectivity index (χ2v) is 9.07. The molecule has 0 amide bonds. The van der Waals surface area contributed by atoms with Crippen molar-refractivity contribution in [3.05, 3.63) is 54.4 Å². The van der Waals surface area contributed by atoms with Crippen LogP contribution in [0.1, 0.15) is 18.4 Å². The number of aryl methyl sites for hydroxylation is 1. The Morgan fingerprint density at radius 2 is 2.08 bits per heavy atom. The van der Waals surface area contributed by atoms with E-state index in [4.69, 9.17) is 20.2 Å². The zero-order valence-corrected chi connectivity index (χ0v) is 20.7. The van der Waals surface area contributed by atoms with Gasteiger partial charge in [0.2, 0.25) is 5.95 Å². The Hall–Kier alpha value is -4.29. The van der Waals surface area contributed by atoms with Crippen LogP contribution >= 0.6 is 0 Å². The number of ether oxygens (including phenoxy) is 2. The smallest absolute Gasteiger partial charge is 0.227 e. The van der Waals surface area contributed by atoms with Crippen molar-refractivity contribution >= 4 is 28.2 Å². The van der Waals surface area contributed by atoms with Crippen LogP contribution in [-0.4, -0.2) is 52.8 Å². The van der Waals surface area contributed by atoms with Gasteiger partial charge in [0.15, 0.2) is 0 Å². The maximum Gasteiger partial charge on any atom is 0.227 e. The number of likely N-dealkylation sites (N-methyl/N-ethyl adjacent to an activating group) is 1. The number of nitriles is 1. The monoisotopic (exact) mass is 483 g/mol. The number of hydrogen-bond acceptors (Lipinski definition) is 8. The van der Waals surface area contributed by atoms with Gasteiger partial charge >= 0.3 is 0 Å². The molecule has 2 aromatic carbocycles. The lowest BCUT2D eigenvalue weighted by Gasteiger charge is -2.19. The summed E-state index contributed by atoms with van der Waals surface area (Å²) in [5.41, 5.74) is 9.94. The maximum absolute atomic E-state index is 9.78. The molecule has 0 radical (unpaired) electrons. The summed E-state index contributed by atoms with van der Waals surface area (Å²) in [7, 11) is 5.71. The first-order valence-corrected chi connectivity index (χ1v) is 11.9.